The Kier molecular flexibility index (Phi) is 7.96. The van der Waals surface area contributed by atoms with Crippen molar-refractivity contribution in [1.29, 1.82) is 0 Å². The largest absolute Gasteiger partial charge is 0.443 e. The summed E-state index contributed by atoms with van der Waals surface area (Å²) in [5, 5.41) is 0.973. The van der Waals surface area contributed by atoms with Crippen molar-refractivity contribution in [3.63, 3.8) is 0 Å². The van der Waals surface area contributed by atoms with Gasteiger partial charge in [0.15, 0.2) is 0 Å². The highest BCUT2D eigenvalue weighted by atomic mass is 19.4. The van der Waals surface area contributed by atoms with Gasteiger partial charge in [-0.15, -0.1) is 0 Å². The lowest BCUT2D eigenvalue weighted by Gasteiger charge is -2.28. The third-order valence-electron chi connectivity index (χ3n) is 6.19. The first-order valence-electron chi connectivity index (χ1n) is 12.4. The number of rotatable bonds is 7. The van der Waals surface area contributed by atoms with Crippen LogP contribution in [0.1, 0.15) is 54.6 Å². The number of methoxy groups -OCH3 is 1. The number of nitrogens with one attached hydrogen (secondary N) is 1. The first-order chi connectivity index (χ1) is 18.4. The number of alkyl halides is 3. The molecule has 0 fully saturated rings. The molecule has 4 aromatic rings. The van der Waals surface area contributed by atoms with E-state index in [1.54, 1.807) is 40.1 Å². The molecule has 1 amide bonds. The zero-order valence-electron chi connectivity index (χ0n) is 22.5. The average Bonchev–Trinajstić information content (AvgIpc) is 3.29. The number of carbonyl (C=O) groups is 1. The van der Waals surface area contributed by atoms with Crippen LogP contribution in [-0.4, -0.2) is 40.4 Å². The molecule has 1 unspecified atom stereocenters. The number of ether oxygens (including phenoxy) is 2. The Balaban J connectivity index is 1.70. The number of amides is 1. The number of benzene rings is 1. The summed E-state index contributed by atoms with van der Waals surface area (Å²) in [7, 11) is 1.63. The topological polar surface area (TPSA) is 80.3 Å². The van der Waals surface area contributed by atoms with E-state index in [-0.39, 0.29) is 12.5 Å². The maximum Gasteiger partial charge on any atom is 0.416 e. The first kappa shape index (κ1) is 28.1. The van der Waals surface area contributed by atoms with Gasteiger partial charge in [0.1, 0.15) is 17.1 Å². The minimum Gasteiger partial charge on any atom is -0.443 e. The molecular weight excluding hydrogens is 509 g/mol. The Morgan fingerprint density at radius 2 is 1.77 bits per heavy atom. The van der Waals surface area contributed by atoms with Crippen LogP contribution in [0.3, 0.4) is 0 Å². The molecule has 4 rings (SSSR count). The minimum atomic E-state index is -4.45. The van der Waals surface area contributed by atoms with E-state index in [2.05, 4.69) is 9.97 Å². The molecule has 0 aliphatic heterocycles. The van der Waals surface area contributed by atoms with Crippen LogP contribution in [-0.2, 0) is 22.2 Å². The normalized spacial score (nSPS) is 12.9. The average molecular weight is 541 g/mol. The first-order valence-corrected chi connectivity index (χ1v) is 12.4. The zero-order chi connectivity index (χ0) is 28.4. The smallest absolute Gasteiger partial charge is 0.416 e. The molecule has 206 valence electrons. The van der Waals surface area contributed by atoms with Crippen LogP contribution in [0.4, 0.5) is 23.8 Å². The predicted octanol–water partition coefficient (Wildman–Crippen LogP) is 7.01. The highest BCUT2D eigenvalue weighted by Gasteiger charge is 2.31. The van der Waals surface area contributed by atoms with Crippen LogP contribution >= 0.6 is 0 Å². The van der Waals surface area contributed by atoms with Crippen LogP contribution in [0.2, 0.25) is 0 Å². The number of hydrogen-bond donors (Lipinski definition) is 1. The van der Waals surface area contributed by atoms with Gasteiger partial charge >= 0.3 is 12.3 Å². The van der Waals surface area contributed by atoms with Gasteiger partial charge in [-0.3, -0.25) is 4.90 Å². The number of aromatic nitrogens is 3. The number of hydrogen-bond acceptors (Lipinski definition) is 5. The lowest BCUT2D eigenvalue weighted by Crippen LogP contribution is -2.37. The van der Waals surface area contributed by atoms with Gasteiger partial charge in [0.05, 0.1) is 18.7 Å². The van der Waals surface area contributed by atoms with Gasteiger partial charge in [0, 0.05) is 36.5 Å². The van der Waals surface area contributed by atoms with Crippen LogP contribution in [0, 0.1) is 6.92 Å². The molecule has 7 nitrogen and oxygen atoms in total. The fraction of sp³-hybridized carbons (Fsp3) is 0.345. The van der Waals surface area contributed by atoms with Gasteiger partial charge in [0.25, 0.3) is 0 Å². The fourth-order valence-corrected chi connectivity index (χ4v) is 4.39. The molecular formula is C29H31F3N4O3. The van der Waals surface area contributed by atoms with Crippen molar-refractivity contribution in [1.82, 2.24) is 15.0 Å². The summed E-state index contributed by atoms with van der Waals surface area (Å²) in [5.74, 6) is 0.168. The number of halogens is 3. The summed E-state index contributed by atoms with van der Waals surface area (Å²) in [4.78, 5) is 26.8. The quantitative estimate of drug-likeness (QED) is 0.273. The second-order valence-electron chi connectivity index (χ2n) is 10.3. The van der Waals surface area contributed by atoms with Crippen molar-refractivity contribution >= 4 is 22.9 Å². The summed E-state index contributed by atoms with van der Waals surface area (Å²) >= 11 is 0. The maximum absolute atomic E-state index is 13.2. The number of aryl methyl sites for hydroxylation is 1. The van der Waals surface area contributed by atoms with Gasteiger partial charge in [-0.2, -0.15) is 13.2 Å². The van der Waals surface area contributed by atoms with E-state index in [0.717, 1.165) is 34.3 Å². The van der Waals surface area contributed by atoms with E-state index in [4.69, 9.17) is 14.5 Å². The van der Waals surface area contributed by atoms with Gasteiger partial charge in [-0.25, -0.2) is 14.8 Å². The summed E-state index contributed by atoms with van der Waals surface area (Å²) in [5.41, 5.74) is 2.32. The molecule has 0 aliphatic carbocycles. The molecule has 10 heteroatoms. The second kappa shape index (κ2) is 11.1. The van der Waals surface area contributed by atoms with Crippen molar-refractivity contribution in [2.75, 3.05) is 18.6 Å². The summed E-state index contributed by atoms with van der Waals surface area (Å²) in [6, 6.07) is 12.2. The van der Waals surface area contributed by atoms with Crippen LogP contribution in [0.15, 0.2) is 60.9 Å². The van der Waals surface area contributed by atoms with Crippen LogP contribution in [0.25, 0.3) is 11.0 Å². The Morgan fingerprint density at radius 1 is 1.05 bits per heavy atom. The molecule has 0 radical (unpaired) electrons. The maximum atomic E-state index is 13.2. The third-order valence-corrected chi connectivity index (χ3v) is 6.19. The van der Waals surface area contributed by atoms with Crippen LogP contribution in [0.5, 0.6) is 0 Å². The van der Waals surface area contributed by atoms with Crippen molar-refractivity contribution in [3.05, 3.63) is 88.9 Å². The Labute approximate surface area is 225 Å². The predicted molar refractivity (Wildman–Crippen MR) is 143 cm³/mol. The van der Waals surface area contributed by atoms with Crippen molar-refractivity contribution in [3.8, 4) is 0 Å². The van der Waals surface area contributed by atoms with Gasteiger partial charge in [-0.05, 0) is 74.7 Å². The molecule has 0 bridgehead atoms. The van der Waals surface area contributed by atoms with Crippen molar-refractivity contribution < 1.29 is 27.4 Å². The number of pyridine rings is 2. The summed E-state index contributed by atoms with van der Waals surface area (Å²) in [6.07, 6.45) is -1.47. The fourth-order valence-electron chi connectivity index (χ4n) is 4.39. The van der Waals surface area contributed by atoms with Gasteiger partial charge in [0.2, 0.25) is 0 Å². The monoisotopic (exact) mass is 540 g/mol. The SMILES string of the molecule is COCC(c1ccc(N(Cc2ccc(C(F)(F)F)cc2)C(=O)OC(C)(C)C)nc1C)c1c[nH]c2ncccc12. The molecule has 0 aliphatic rings. The Hall–Kier alpha value is -3.92. The molecule has 1 N–H and O–H groups in total. The van der Waals surface area contributed by atoms with E-state index >= 15 is 0 Å². The van der Waals surface area contributed by atoms with E-state index in [1.165, 1.54) is 17.0 Å². The van der Waals surface area contributed by atoms with Gasteiger partial charge < -0.3 is 14.5 Å². The van der Waals surface area contributed by atoms with Crippen LogP contribution < -0.4 is 4.90 Å². The Morgan fingerprint density at radius 3 is 2.38 bits per heavy atom. The minimum absolute atomic E-state index is 0.0194. The molecule has 39 heavy (non-hydrogen) atoms. The van der Waals surface area contributed by atoms with E-state index < -0.39 is 23.4 Å². The summed E-state index contributed by atoms with van der Waals surface area (Å²) in [6.45, 7) is 7.45. The molecule has 3 aromatic heterocycles. The third kappa shape index (κ3) is 6.57. The highest BCUT2D eigenvalue weighted by molar-refractivity contribution is 5.87. The summed E-state index contributed by atoms with van der Waals surface area (Å²) < 4.78 is 50.3. The van der Waals surface area contributed by atoms with E-state index in [0.29, 0.717) is 23.7 Å². The van der Waals surface area contributed by atoms with Crippen molar-refractivity contribution in [2.45, 2.75) is 51.9 Å². The molecule has 3 heterocycles. The van der Waals surface area contributed by atoms with E-state index in [9.17, 15) is 18.0 Å². The van der Waals surface area contributed by atoms with Crippen molar-refractivity contribution in [2.24, 2.45) is 0 Å². The molecule has 1 atom stereocenters. The number of fused-ring (bicyclic) bond motifs is 1. The molecule has 1 aromatic carbocycles. The number of anilines is 1. The van der Waals surface area contributed by atoms with E-state index in [1.807, 2.05) is 31.3 Å². The molecule has 0 saturated heterocycles. The Bertz CT molecular complexity index is 1440. The molecule has 0 spiro atoms. The van der Waals surface area contributed by atoms with Gasteiger partial charge in [-0.1, -0.05) is 18.2 Å². The number of carbonyl (C=O) groups excluding carboxylic acids is 1. The lowest BCUT2D eigenvalue weighted by molar-refractivity contribution is -0.137. The zero-order valence-corrected chi connectivity index (χ0v) is 22.5. The highest BCUT2D eigenvalue weighted by Crippen LogP contribution is 2.34. The standard InChI is InChI=1S/C29H31F3N4O3/c1-18-21(24(17-38-5)23-15-34-26-22(23)7-6-14-33-26)12-13-25(35-18)36(27(37)39-28(2,3)4)16-19-8-10-20(11-9-19)29(30,31)32/h6-15,24H,16-17H2,1-5H3,(H,33,34). The molecule has 0 saturated carbocycles. The number of H-pyrrole nitrogens is 1. The second-order valence-corrected chi connectivity index (χ2v) is 10.3. The number of aromatic amines is 1. The lowest BCUT2D eigenvalue weighted by atomic mass is 9.91. The number of nitrogens with zero attached hydrogens (tertiary/aromatic N) is 3.